The zero-order valence-corrected chi connectivity index (χ0v) is 10.6. The summed E-state index contributed by atoms with van der Waals surface area (Å²) >= 11 is 3.24. The third-order valence-electron chi connectivity index (χ3n) is 2.85. The lowest BCUT2D eigenvalue weighted by Gasteiger charge is -2.22. The summed E-state index contributed by atoms with van der Waals surface area (Å²) in [6, 6.07) is 5.08. The van der Waals surface area contributed by atoms with Crippen LogP contribution in [0.1, 0.15) is 12.8 Å². The van der Waals surface area contributed by atoms with Crippen LogP contribution >= 0.6 is 15.9 Å². The minimum absolute atomic E-state index is 0.207. The summed E-state index contributed by atoms with van der Waals surface area (Å²) in [6.45, 7) is 2.48. The third kappa shape index (κ3) is 3.19. The normalized spacial score (nSPS) is 17.4. The molecule has 1 saturated heterocycles. The number of rotatable bonds is 3. The molecule has 1 heterocycles. The maximum Gasteiger partial charge on any atom is 0.147 e. The quantitative estimate of drug-likeness (QED) is 0.920. The van der Waals surface area contributed by atoms with Gasteiger partial charge in [-0.05, 0) is 37.0 Å². The summed E-state index contributed by atoms with van der Waals surface area (Å²) in [5.74, 6) is 0.387. The molecule has 0 aromatic heterocycles. The molecule has 2 nitrogen and oxygen atoms in total. The van der Waals surface area contributed by atoms with E-state index in [9.17, 15) is 4.39 Å². The van der Waals surface area contributed by atoms with E-state index in [4.69, 9.17) is 4.74 Å². The number of hydrogen-bond acceptors (Lipinski definition) is 2. The van der Waals surface area contributed by atoms with Crippen molar-refractivity contribution in [3.8, 4) is 0 Å². The summed E-state index contributed by atoms with van der Waals surface area (Å²) in [5.41, 5.74) is 0.578. The van der Waals surface area contributed by atoms with Gasteiger partial charge >= 0.3 is 0 Å². The molecule has 0 saturated carbocycles. The number of anilines is 1. The lowest BCUT2D eigenvalue weighted by Crippen LogP contribution is -2.22. The second-order valence-corrected chi connectivity index (χ2v) is 4.98. The van der Waals surface area contributed by atoms with Crippen LogP contribution in [0.4, 0.5) is 10.1 Å². The molecule has 0 atom stereocenters. The van der Waals surface area contributed by atoms with Gasteiger partial charge in [-0.3, -0.25) is 0 Å². The highest BCUT2D eigenvalue weighted by atomic mass is 79.9. The molecule has 0 aliphatic carbocycles. The molecule has 1 aromatic carbocycles. The Morgan fingerprint density at radius 2 is 2.12 bits per heavy atom. The van der Waals surface area contributed by atoms with Gasteiger partial charge in [-0.1, -0.05) is 15.9 Å². The molecule has 1 fully saturated rings. The maximum atomic E-state index is 13.5. The smallest absolute Gasteiger partial charge is 0.147 e. The molecule has 2 rings (SSSR count). The second kappa shape index (κ2) is 5.64. The standard InChI is InChI=1S/C12H15BrFNO/c13-10-1-2-12(11(14)7-10)15-8-9-3-5-16-6-4-9/h1-2,7,9,15H,3-6,8H2. The van der Waals surface area contributed by atoms with E-state index >= 15 is 0 Å². The SMILES string of the molecule is Fc1cc(Br)ccc1NCC1CCOCC1. The first-order valence-corrected chi connectivity index (χ1v) is 6.31. The van der Waals surface area contributed by atoms with Gasteiger partial charge < -0.3 is 10.1 Å². The highest BCUT2D eigenvalue weighted by molar-refractivity contribution is 9.10. The van der Waals surface area contributed by atoms with Gasteiger partial charge in [-0.15, -0.1) is 0 Å². The van der Waals surface area contributed by atoms with E-state index in [0.717, 1.165) is 37.1 Å². The van der Waals surface area contributed by atoms with Gasteiger partial charge in [0.25, 0.3) is 0 Å². The minimum Gasteiger partial charge on any atom is -0.382 e. The monoisotopic (exact) mass is 287 g/mol. The molecule has 1 aliphatic heterocycles. The first-order valence-electron chi connectivity index (χ1n) is 5.52. The number of ether oxygens (including phenoxy) is 1. The van der Waals surface area contributed by atoms with Crippen molar-refractivity contribution in [2.45, 2.75) is 12.8 Å². The first-order chi connectivity index (χ1) is 7.75. The Labute approximate surface area is 103 Å². The van der Waals surface area contributed by atoms with Crippen LogP contribution in [0.15, 0.2) is 22.7 Å². The Hall–Kier alpha value is -0.610. The fourth-order valence-electron chi connectivity index (χ4n) is 1.84. The highest BCUT2D eigenvalue weighted by Crippen LogP contribution is 2.21. The molecule has 0 radical (unpaired) electrons. The number of hydrogen-bond donors (Lipinski definition) is 1. The Kier molecular flexibility index (Phi) is 4.18. The van der Waals surface area contributed by atoms with Crippen LogP contribution in [0.3, 0.4) is 0 Å². The maximum absolute atomic E-state index is 13.5. The van der Waals surface area contributed by atoms with Crippen molar-refractivity contribution < 1.29 is 9.13 Å². The molecule has 0 unspecified atom stereocenters. The molecule has 16 heavy (non-hydrogen) atoms. The van der Waals surface area contributed by atoms with Crippen molar-refractivity contribution in [2.75, 3.05) is 25.1 Å². The molecule has 1 N–H and O–H groups in total. The first kappa shape index (κ1) is 11.9. The van der Waals surface area contributed by atoms with E-state index in [-0.39, 0.29) is 5.82 Å². The van der Waals surface area contributed by atoms with Crippen molar-refractivity contribution in [1.82, 2.24) is 0 Å². The zero-order chi connectivity index (χ0) is 11.4. The Balaban J connectivity index is 1.88. The van der Waals surface area contributed by atoms with Crippen molar-refractivity contribution in [1.29, 1.82) is 0 Å². The highest BCUT2D eigenvalue weighted by Gasteiger charge is 2.13. The summed E-state index contributed by atoms with van der Waals surface area (Å²) in [5, 5.41) is 3.16. The molecule has 1 aromatic rings. The molecule has 0 amide bonds. The number of nitrogens with one attached hydrogen (secondary N) is 1. The molecular formula is C12H15BrFNO. The topological polar surface area (TPSA) is 21.3 Å². The zero-order valence-electron chi connectivity index (χ0n) is 9.01. The van der Waals surface area contributed by atoms with E-state index in [0.29, 0.717) is 11.6 Å². The van der Waals surface area contributed by atoms with Crippen molar-refractivity contribution in [3.63, 3.8) is 0 Å². The molecule has 0 bridgehead atoms. The van der Waals surface area contributed by atoms with E-state index < -0.39 is 0 Å². The van der Waals surface area contributed by atoms with Crippen molar-refractivity contribution in [2.24, 2.45) is 5.92 Å². The Morgan fingerprint density at radius 1 is 1.38 bits per heavy atom. The van der Waals surface area contributed by atoms with Gasteiger partial charge in [-0.25, -0.2) is 4.39 Å². The fraction of sp³-hybridized carbons (Fsp3) is 0.500. The second-order valence-electron chi connectivity index (χ2n) is 4.06. The van der Waals surface area contributed by atoms with Crippen molar-refractivity contribution >= 4 is 21.6 Å². The lowest BCUT2D eigenvalue weighted by atomic mass is 10.0. The molecule has 4 heteroatoms. The van der Waals surface area contributed by atoms with Crippen LogP contribution in [-0.2, 0) is 4.74 Å². The van der Waals surface area contributed by atoms with Crippen LogP contribution in [0.2, 0.25) is 0 Å². The van der Waals surface area contributed by atoms with E-state index in [1.807, 2.05) is 6.07 Å². The van der Waals surface area contributed by atoms with E-state index in [1.165, 1.54) is 6.07 Å². The molecule has 88 valence electrons. The summed E-state index contributed by atoms with van der Waals surface area (Å²) in [7, 11) is 0. The molecule has 1 aliphatic rings. The van der Waals surface area contributed by atoms with Gasteiger partial charge in [0.15, 0.2) is 0 Å². The summed E-state index contributed by atoms with van der Waals surface area (Å²) in [6.07, 6.45) is 2.12. The van der Waals surface area contributed by atoms with Crippen molar-refractivity contribution in [3.05, 3.63) is 28.5 Å². The lowest BCUT2D eigenvalue weighted by molar-refractivity contribution is 0.0699. The van der Waals surface area contributed by atoms with Crippen LogP contribution in [0.25, 0.3) is 0 Å². The largest absolute Gasteiger partial charge is 0.382 e. The van der Waals surface area contributed by atoms with E-state index in [2.05, 4.69) is 21.2 Å². The summed E-state index contributed by atoms with van der Waals surface area (Å²) in [4.78, 5) is 0. The van der Waals surface area contributed by atoms with Crippen LogP contribution in [-0.4, -0.2) is 19.8 Å². The predicted octanol–water partition coefficient (Wildman–Crippen LogP) is 3.43. The number of halogens is 2. The predicted molar refractivity (Wildman–Crippen MR) is 66.1 cm³/mol. The third-order valence-corrected chi connectivity index (χ3v) is 3.35. The average Bonchev–Trinajstić information content (AvgIpc) is 2.29. The Bertz CT molecular complexity index is 353. The van der Waals surface area contributed by atoms with Crippen LogP contribution < -0.4 is 5.32 Å². The van der Waals surface area contributed by atoms with Gasteiger partial charge in [0.2, 0.25) is 0 Å². The van der Waals surface area contributed by atoms with Gasteiger partial charge in [0.05, 0.1) is 5.69 Å². The van der Waals surface area contributed by atoms with Crippen LogP contribution in [0, 0.1) is 11.7 Å². The average molecular weight is 288 g/mol. The summed E-state index contributed by atoms with van der Waals surface area (Å²) < 4.78 is 19.5. The van der Waals surface area contributed by atoms with Gasteiger partial charge in [0, 0.05) is 24.2 Å². The molecular weight excluding hydrogens is 273 g/mol. The van der Waals surface area contributed by atoms with Gasteiger partial charge in [0.1, 0.15) is 5.82 Å². The van der Waals surface area contributed by atoms with Gasteiger partial charge in [-0.2, -0.15) is 0 Å². The van der Waals surface area contributed by atoms with E-state index in [1.54, 1.807) is 6.07 Å². The minimum atomic E-state index is -0.207. The number of benzene rings is 1. The fourth-order valence-corrected chi connectivity index (χ4v) is 2.17. The Morgan fingerprint density at radius 3 is 2.81 bits per heavy atom. The van der Waals surface area contributed by atoms with Crippen LogP contribution in [0.5, 0.6) is 0 Å². The molecule has 0 spiro atoms.